The van der Waals surface area contributed by atoms with Crippen LogP contribution in [0, 0.1) is 0 Å². The molecule has 1 unspecified atom stereocenters. The summed E-state index contributed by atoms with van der Waals surface area (Å²) in [5, 5.41) is 3.75. The number of ether oxygens (including phenoxy) is 3. The van der Waals surface area contributed by atoms with Crippen LogP contribution in [0.3, 0.4) is 0 Å². The highest BCUT2D eigenvalue weighted by atomic mass is 32.1. The second-order valence-corrected chi connectivity index (χ2v) is 10.4. The Labute approximate surface area is 209 Å². The monoisotopic (exact) mass is 491 g/mol. The smallest absolute Gasteiger partial charge is 0.236 e. The van der Waals surface area contributed by atoms with Gasteiger partial charge in [0.15, 0.2) is 16.6 Å². The molecule has 0 spiro atoms. The highest BCUT2D eigenvalue weighted by molar-refractivity contribution is 7.15. The van der Waals surface area contributed by atoms with Gasteiger partial charge in [0.05, 0.1) is 18.1 Å². The van der Waals surface area contributed by atoms with Crippen molar-refractivity contribution in [1.82, 2.24) is 9.88 Å². The summed E-state index contributed by atoms with van der Waals surface area (Å²) in [7, 11) is 0. The Bertz CT molecular complexity index is 1230. The molecule has 3 aromatic rings. The van der Waals surface area contributed by atoms with Crippen LogP contribution in [0.1, 0.15) is 54.7 Å². The van der Waals surface area contributed by atoms with E-state index in [1.54, 1.807) is 11.3 Å². The van der Waals surface area contributed by atoms with Gasteiger partial charge in [-0.05, 0) is 69.5 Å². The van der Waals surface area contributed by atoms with Gasteiger partial charge in [-0.2, -0.15) is 0 Å². The van der Waals surface area contributed by atoms with Gasteiger partial charge >= 0.3 is 0 Å². The zero-order valence-electron chi connectivity index (χ0n) is 19.8. The van der Waals surface area contributed by atoms with E-state index >= 15 is 0 Å². The first-order chi connectivity index (χ1) is 17.2. The zero-order chi connectivity index (χ0) is 23.8. The van der Waals surface area contributed by atoms with Crippen molar-refractivity contribution in [1.29, 1.82) is 0 Å². The lowest BCUT2D eigenvalue weighted by Crippen LogP contribution is -2.27. The lowest BCUT2D eigenvalue weighted by molar-refractivity contribution is -0.118. The molecule has 8 heteroatoms. The molecule has 3 aliphatic rings. The van der Waals surface area contributed by atoms with Crippen LogP contribution in [0.15, 0.2) is 48.7 Å². The third-order valence-electron chi connectivity index (χ3n) is 7.14. The number of nitrogens with one attached hydrogen (secondary N) is 1. The minimum atomic E-state index is -0.525. The summed E-state index contributed by atoms with van der Waals surface area (Å²) in [4.78, 5) is 21.6. The number of rotatable bonds is 8. The second-order valence-electron chi connectivity index (χ2n) is 9.29. The predicted molar refractivity (Wildman–Crippen MR) is 134 cm³/mol. The van der Waals surface area contributed by atoms with Crippen LogP contribution in [-0.2, 0) is 10.2 Å². The number of hydrogen-bond acceptors (Lipinski definition) is 7. The molecule has 182 valence electrons. The molecule has 1 N–H and O–H groups in total. The number of aromatic nitrogens is 1. The second kappa shape index (κ2) is 9.17. The summed E-state index contributed by atoms with van der Waals surface area (Å²) < 4.78 is 16.9. The van der Waals surface area contributed by atoms with Crippen LogP contribution in [0.2, 0.25) is 0 Å². The van der Waals surface area contributed by atoms with E-state index in [1.807, 2.05) is 43.5 Å². The molecule has 1 saturated heterocycles. The zero-order valence-corrected chi connectivity index (χ0v) is 20.6. The average molecular weight is 492 g/mol. The first-order valence-electron chi connectivity index (χ1n) is 12.3. The van der Waals surface area contributed by atoms with E-state index in [9.17, 15) is 4.79 Å². The number of likely N-dealkylation sites (tertiary alicyclic amines) is 1. The fourth-order valence-corrected chi connectivity index (χ4v) is 6.14. The minimum Gasteiger partial charge on any atom is -0.494 e. The Morgan fingerprint density at radius 3 is 2.77 bits per heavy atom. The first kappa shape index (κ1) is 22.4. The maximum absolute atomic E-state index is 13.4. The normalized spacial score (nSPS) is 18.9. The summed E-state index contributed by atoms with van der Waals surface area (Å²) in [5.74, 6) is 2.34. The van der Waals surface area contributed by atoms with Crippen molar-refractivity contribution in [2.75, 3.05) is 31.8 Å². The van der Waals surface area contributed by atoms with Crippen molar-refractivity contribution in [2.45, 2.75) is 44.1 Å². The van der Waals surface area contributed by atoms with Crippen molar-refractivity contribution in [3.63, 3.8) is 0 Å². The van der Waals surface area contributed by atoms with Crippen molar-refractivity contribution < 1.29 is 19.0 Å². The lowest BCUT2D eigenvalue weighted by Gasteiger charge is -2.28. The summed E-state index contributed by atoms with van der Waals surface area (Å²) in [5.41, 5.74) is 1.59. The minimum absolute atomic E-state index is 0.00953. The molecule has 3 heterocycles. The van der Waals surface area contributed by atoms with Crippen LogP contribution in [0.4, 0.5) is 5.13 Å². The van der Waals surface area contributed by atoms with E-state index < -0.39 is 5.41 Å². The van der Waals surface area contributed by atoms with Gasteiger partial charge in [-0.1, -0.05) is 35.6 Å². The van der Waals surface area contributed by atoms with Crippen molar-refractivity contribution >= 4 is 22.4 Å². The van der Waals surface area contributed by atoms with Crippen LogP contribution < -0.4 is 19.5 Å². The number of carbonyl (C=O) groups excluding carboxylic acids is 1. The fraction of sp³-hybridized carbons (Fsp3) is 0.407. The number of carbonyl (C=O) groups is 1. The number of anilines is 1. The maximum atomic E-state index is 13.4. The highest BCUT2D eigenvalue weighted by Gasteiger charge is 2.52. The van der Waals surface area contributed by atoms with E-state index in [1.165, 1.54) is 12.8 Å². The number of para-hydroxylation sites is 1. The molecule has 0 radical (unpaired) electrons. The molecule has 35 heavy (non-hydrogen) atoms. The molecule has 7 nitrogen and oxygen atoms in total. The molecule has 2 aliphatic heterocycles. The molecule has 2 aromatic carbocycles. The van der Waals surface area contributed by atoms with E-state index in [-0.39, 0.29) is 18.7 Å². The van der Waals surface area contributed by atoms with Crippen LogP contribution in [0.25, 0.3) is 0 Å². The molecule has 6 rings (SSSR count). The van der Waals surface area contributed by atoms with E-state index in [0.717, 1.165) is 53.4 Å². The van der Waals surface area contributed by atoms with Crippen molar-refractivity contribution in [3.05, 3.63) is 64.7 Å². The fourth-order valence-electron chi connectivity index (χ4n) is 5.18. The van der Waals surface area contributed by atoms with Crippen molar-refractivity contribution in [3.8, 4) is 17.2 Å². The van der Waals surface area contributed by atoms with E-state index in [0.29, 0.717) is 17.5 Å². The lowest BCUT2D eigenvalue weighted by atomic mass is 9.94. The van der Waals surface area contributed by atoms with Gasteiger partial charge in [0.25, 0.3) is 0 Å². The Morgan fingerprint density at radius 1 is 1.17 bits per heavy atom. The third kappa shape index (κ3) is 4.15. The summed E-state index contributed by atoms with van der Waals surface area (Å²) in [6.45, 7) is 4.94. The Hall–Kier alpha value is -3.10. The number of thiazole rings is 1. The average Bonchev–Trinajstić information content (AvgIpc) is 3.24. The molecule has 1 aromatic heterocycles. The van der Waals surface area contributed by atoms with Crippen molar-refractivity contribution in [2.24, 2.45) is 0 Å². The van der Waals surface area contributed by atoms with E-state index in [4.69, 9.17) is 14.2 Å². The number of benzene rings is 2. The number of hydrogen-bond donors (Lipinski definition) is 1. The molecule has 0 bridgehead atoms. The SMILES string of the molecule is CCOc1ccccc1C(c1cnc(NC(=O)C2(c3ccc4c(c3)OCO4)CC2)s1)N1CCCC1. The Morgan fingerprint density at radius 2 is 1.97 bits per heavy atom. The van der Waals surface area contributed by atoms with Crippen LogP contribution in [-0.4, -0.2) is 42.3 Å². The van der Waals surface area contributed by atoms with Gasteiger partial charge in [0.1, 0.15) is 5.75 Å². The van der Waals surface area contributed by atoms with Gasteiger partial charge in [-0.15, -0.1) is 0 Å². The molecule has 1 amide bonds. The molecule has 1 saturated carbocycles. The first-order valence-corrected chi connectivity index (χ1v) is 13.1. The maximum Gasteiger partial charge on any atom is 0.236 e. The summed E-state index contributed by atoms with van der Waals surface area (Å²) in [6, 6.07) is 14.1. The van der Waals surface area contributed by atoms with Gasteiger partial charge in [0.2, 0.25) is 12.7 Å². The summed E-state index contributed by atoms with van der Waals surface area (Å²) >= 11 is 1.55. The number of fused-ring (bicyclic) bond motifs is 1. The molecular formula is C27H29N3O4S. The Kier molecular flexibility index (Phi) is 5.86. The number of nitrogens with zero attached hydrogens (tertiary/aromatic N) is 2. The van der Waals surface area contributed by atoms with Gasteiger partial charge < -0.3 is 19.5 Å². The number of amides is 1. The molecule has 1 atom stereocenters. The highest BCUT2D eigenvalue weighted by Crippen LogP contribution is 2.51. The topological polar surface area (TPSA) is 72.9 Å². The molecule has 2 fully saturated rings. The van der Waals surface area contributed by atoms with Gasteiger partial charge in [0, 0.05) is 16.6 Å². The quantitative estimate of drug-likeness (QED) is 0.471. The Balaban J connectivity index is 1.25. The van der Waals surface area contributed by atoms with Gasteiger partial charge in [-0.3, -0.25) is 9.69 Å². The van der Waals surface area contributed by atoms with Crippen LogP contribution in [0.5, 0.6) is 17.2 Å². The third-order valence-corrected chi connectivity index (χ3v) is 8.11. The van der Waals surface area contributed by atoms with Gasteiger partial charge in [-0.25, -0.2) is 4.98 Å². The summed E-state index contributed by atoms with van der Waals surface area (Å²) in [6.07, 6.45) is 5.91. The largest absolute Gasteiger partial charge is 0.494 e. The molecule has 1 aliphatic carbocycles. The molecular weight excluding hydrogens is 462 g/mol. The standard InChI is InChI=1S/C27H29N3O4S/c1-2-32-20-8-4-3-7-19(20)24(30-13-5-6-14-30)23-16-28-26(35-23)29-25(31)27(11-12-27)18-9-10-21-22(15-18)34-17-33-21/h3-4,7-10,15-16,24H,2,5-6,11-14,17H2,1H3,(H,28,29,31). The van der Waals surface area contributed by atoms with E-state index in [2.05, 4.69) is 27.3 Å². The predicted octanol–water partition coefficient (Wildman–Crippen LogP) is 5.13. The van der Waals surface area contributed by atoms with Crippen LogP contribution >= 0.6 is 11.3 Å².